The van der Waals surface area contributed by atoms with Gasteiger partial charge in [-0.1, -0.05) is 35.8 Å². The Labute approximate surface area is 292 Å². The Bertz CT molecular complexity index is 2370. The lowest BCUT2D eigenvalue weighted by atomic mass is 10.2. The molecule has 5 heterocycles. The predicted octanol–water partition coefficient (Wildman–Crippen LogP) is 5.29. The maximum Gasteiger partial charge on any atom is 0.263 e. The second-order valence-electron chi connectivity index (χ2n) is 11.1. The summed E-state index contributed by atoms with van der Waals surface area (Å²) in [6.07, 6.45) is 8.62. The minimum absolute atomic E-state index is 0.155. The zero-order chi connectivity index (χ0) is 36.0. The van der Waals surface area contributed by atoms with E-state index in [1.165, 1.54) is 58.3 Å². The van der Waals surface area contributed by atoms with Crippen LogP contribution in [0.4, 0.5) is 8.78 Å². The quantitative estimate of drug-likeness (QED) is 0.251. The number of benzene rings is 2. The first-order valence-corrected chi connectivity index (χ1v) is 16.2. The number of pyridine rings is 2. The van der Waals surface area contributed by atoms with Gasteiger partial charge in [0.25, 0.3) is 11.1 Å². The summed E-state index contributed by atoms with van der Waals surface area (Å²) in [5.41, 5.74) is 3.74. The molecule has 0 bridgehead atoms. The van der Waals surface area contributed by atoms with Crippen molar-refractivity contribution in [3.63, 3.8) is 0 Å². The van der Waals surface area contributed by atoms with Crippen LogP contribution < -0.4 is 11.1 Å². The fourth-order valence-electron chi connectivity index (χ4n) is 4.73. The van der Waals surface area contributed by atoms with Crippen LogP contribution in [0.15, 0.2) is 107 Å². The minimum Gasteiger partial charge on any atom is -0.391 e. The summed E-state index contributed by atoms with van der Waals surface area (Å²) in [6, 6.07) is 18.9. The summed E-state index contributed by atoms with van der Waals surface area (Å²) in [7, 11) is 0. The van der Waals surface area contributed by atoms with Gasteiger partial charge in [0, 0.05) is 66.9 Å². The van der Waals surface area contributed by atoms with E-state index in [2.05, 4.69) is 33.6 Å². The van der Waals surface area contributed by atoms with Gasteiger partial charge in [-0.15, -0.1) is 0 Å². The monoisotopic (exact) mass is 688 g/mol. The van der Waals surface area contributed by atoms with E-state index in [4.69, 9.17) is 14.6 Å². The molecule has 0 amide bonds. The van der Waals surface area contributed by atoms with Crippen LogP contribution in [0.2, 0.25) is 0 Å². The molecule has 1 aliphatic heterocycles. The second-order valence-corrected chi connectivity index (χ2v) is 11.1. The zero-order valence-corrected chi connectivity index (χ0v) is 27.8. The van der Waals surface area contributed by atoms with Gasteiger partial charge in [-0.25, -0.2) is 18.7 Å². The van der Waals surface area contributed by atoms with Gasteiger partial charge < -0.3 is 14.6 Å². The molecule has 1 N–H and O–H groups in total. The Kier molecular flexibility index (Phi) is 12.9. The SMILES string of the molecule is C1CCOC1.CCOCc1cnc2cc(C#Cc3cccc(F)c3)ccn2c1=O.O=c1c(CO)cnc2cc(C#Cc3cccc(F)c3)ccn12. The lowest BCUT2D eigenvalue weighted by Crippen LogP contribution is -2.20. The van der Waals surface area contributed by atoms with Crippen LogP contribution in [-0.4, -0.2) is 43.7 Å². The number of hydrogen-bond acceptors (Lipinski definition) is 7. The Morgan fingerprint density at radius 2 is 1.20 bits per heavy atom. The highest BCUT2D eigenvalue weighted by Gasteiger charge is 2.06. The molecule has 0 aliphatic carbocycles. The number of aromatic nitrogens is 4. The number of fused-ring (bicyclic) bond motifs is 2. The van der Waals surface area contributed by atoms with Crippen molar-refractivity contribution in [1.82, 2.24) is 18.8 Å². The third kappa shape index (κ3) is 10.3. The molecule has 0 unspecified atom stereocenters. The number of aliphatic hydroxyl groups excluding tert-OH is 1. The van der Waals surface area contributed by atoms with Crippen molar-refractivity contribution in [3.8, 4) is 23.7 Å². The topological polar surface area (TPSA) is 107 Å². The zero-order valence-electron chi connectivity index (χ0n) is 27.8. The van der Waals surface area contributed by atoms with Gasteiger partial charge in [0.15, 0.2) is 0 Å². The number of ether oxygens (including phenoxy) is 2. The maximum atomic E-state index is 13.1. The molecule has 258 valence electrons. The highest BCUT2D eigenvalue weighted by atomic mass is 19.1. The van der Waals surface area contributed by atoms with Crippen LogP contribution >= 0.6 is 0 Å². The Balaban J connectivity index is 0.000000174. The Morgan fingerprint density at radius 1 is 0.725 bits per heavy atom. The molecule has 1 saturated heterocycles. The summed E-state index contributed by atoms with van der Waals surface area (Å²) in [4.78, 5) is 32.7. The highest BCUT2D eigenvalue weighted by Crippen LogP contribution is 2.07. The first-order chi connectivity index (χ1) is 24.8. The minimum atomic E-state index is -0.351. The van der Waals surface area contributed by atoms with Crippen LogP contribution in [0.25, 0.3) is 11.3 Å². The first kappa shape index (κ1) is 36.3. The number of halogens is 2. The highest BCUT2D eigenvalue weighted by molar-refractivity contribution is 5.51. The van der Waals surface area contributed by atoms with Crippen molar-refractivity contribution in [2.24, 2.45) is 0 Å². The Morgan fingerprint density at radius 3 is 1.63 bits per heavy atom. The summed E-state index contributed by atoms with van der Waals surface area (Å²) in [6.45, 7) is 4.30. The van der Waals surface area contributed by atoms with E-state index >= 15 is 0 Å². The molecule has 51 heavy (non-hydrogen) atoms. The number of aliphatic hydroxyl groups is 1. The molecule has 4 aromatic heterocycles. The van der Waals surface area contributed by atoms with Gasteiger partial charge in [0.1, 0.15) is 22.9 Å². The van der Waals surface area contributed by atoms with E-state index < -0.39 is 0 Å². The number of nitrogens with zero attached hydrogens (tertiary/aromatic N) is 4. The van der Waals surface area contributed by atoms with Crippen molar-refractivity contribution >= 4 is 11.3 Å². The molecule has 0 saturated carbocycles. The van der Waals surface area contributed by atoms with E-state index in [1.54, 1.807) is 60.9 Å². The summed E-state index contributed by atoms with van der Waals surface area (Å²) in [5, 5.41) is 9.06. The summed E-state index contributed by atoms with van der Waals surface area (Å²) < 4.78 is 39.2. The lowest BCUT2D eigenvalue weighted by Gasteiger charge is -2.04. The molecule has 9 nitrogen and oxygen atoms in total. The van der Waals surface area contributed by atoms with Gasteiger partial charge in [0.2, 0.25) is 0 Å². The molecular formula is C40H34F2N4O5. The molecule has 0 atom stereocenters. The maximum absolute atomic E-state index is 13.1. The molecule has 2 aromatic carbocycles. The van der Waals surface area contributed by atoms with Gasteiger partial charge >= 0.3 is 0 Å². The molecule has 11 heteroatoms. The van der Waals surface area contributed by atoms with Crippen molar-refractivity contribution in [1.29, 1.82) is 0 Å². The first-order valence-electron chi connectivity index (χ1n) is 16.2. The van der Waals surface area contributed by atoms with E-state index in [9.17, 15) is 18.4 Å². The van der Waals surface area contributed by atoms with Crippen molar-refractivity contribution < 1.29 is 23.4 Å². The summed E-state index contributed by atoms with van der Waals surface area (Å²) in [5.74, 6) is 11.0. The van der Waals surface area contributed by atoms with Crippen LogP contribution in [0.3, 0.4) is 0 Å². The number of hydrogen-bond donors (Lipinski definition) is 1. The lowest BCUT2D eigenvalue weighted by molar-refractivity contribution is 0.133. The molecule has 1 fully saturated rings. The molecule has 6 aromatic rings. The van der Waals surface area contributed by atoms with Crippen LogP contribution in [-0.2, 0) is 22.7 Å². The van der Waals surface area contributed by atoms with E-state index in [-0.39, 0.29) is 41.5 Å². The van der Waals surface area contributed by atoms with E-state index in [0.717, 1.165) is 13.2 Å². The van der Waals surface area contributed by atoms with Crippen molar-refractivity contribution in [2.45, 2.75) is 33.0 Å². The fraction of sp³-hybridized carbons (Fsp3) is 0.200. The molecule has 7 rings (SSSR count). The predicted molar refractivity (Wildman–Crippen MR) is 189 cm³/mol. The third-order valence-electron chi connectivity index (χ3n) is 7.37. The van der Waals surface area contributed by atoms with Crippen LogP contribution in [0.5, 0.6) is 0 Å². The van der Waals surface area contributed by atoms with Crippen molar-refractivity contribution in [3.05, 3.63) is 163 Å². The van der Waals surface area contributed by atoms with Gasteiger partial charge in [-0.2, -0.15) is 0 Å². The number of rotatable bonds is 4. The van der Waals surface area contributed by atoms with Gasteiger partial charge in [0.05, 0.1) is 24.3 Å². The molecule has 0 radical (unpaired) electrons. The van der Waals surface area contributed by atoms with Gasteiger partial charge in [-0.05, 0) is 80.4 Å². The molecule has 1 aliphatic rings. The molecule has 0 spiro atoms. The van der Waals surface area contributed by atoms with E-state index in [1.807, 2.05) is 6.92 Å². The second kappa shape index (κ2) is 18.1. The normalized spacial score (nSPS) is 11.7. The largest absolute Gasteiger partial charge is 0.391 e. The standard InChI is InChI=1S/C19H15FN2O2.C17H11FN2O2.C4H8O/c1-2-24-13-16-12-21-18-11-15(8-9-22(18)19(16)23)7-6-14-4-3-5-17(20)10-14;18-15-3-1-2-12(8-15)4-5-13-6-7-20-16(9-13)19-10-14(11-21)17(20)22;1-2-4-5-3-1/h3-5,8-12H,2,13H2,1H3;1-3,6-10,21H,11H2;1-4H2. The summed E-state index contributed by atoms with van der Waals surface area (Å²) >= 11 is 0. The Hall–Kier alpha value is -5.98. The van der Waals surface area contributed by atoms with Gasteiger partial charge in [-0.3, -0.25) is 18.4 Å². The average molecular weight is 689 g/mol. The van der Waals surface area contributed by atoms with Crippen LogP contribution in [0, 0.1) is 35.3 Å². The third-order valence-corrected chi connectivity index (χ3v) is 7.37. The average Bonchev–Trinajstić information content (AvgIpc) is 3.74. The molecular weight excluding hydrogens is 654 g/mol. The van der Waals surface area contributed by atoms with E-state index in [0.29, 0.717) is 45.7 Å². The van der Waals surface area contributed by atoms with Crippen molar-refractivity contribution in [2.75, 3.05) is 19.8 Å². The smallest absolute Gasteiger partial charge is 0.263 e. The fourth-order valence-corrected chi connectivity index (χ4v) is 4.73. The van der Waals surface area contributed by atoms with Crippen LogP contribution in [0.1, 0.15) is 53.1 Å².